The lowest BCUT2D eigenvalue weighted by Crippen LogP contribution is -2.45. The van der Waals surface area contributed by atoms with Crippen LogP contribution in [0.25, 0.3) is 0 Å². The first kappa shape index (κ1) is 19.4. The molecule has 0 saturated heterocycles. The van der Waals surface area contributed by atoms with Gasteiger partial charge in [-0.15, -0.1) is 0 Å². The third-order valence-electron chi connectivity index (χ3n) is 8.05. The number of hydrogen-bond acceptors (Lipinski definition) is 4. The van der Waals surface area contributed by atoms with E-state index in [4.69, 9.17) is 4.74 Å². The molecule has 0 radical (unpaired) electrons. The lowest BCUT2D eigenvalue weighted by Gasteiger charge is -2.52. The van der Waals surface area contributed by atoms with E-state index in [0.29, 0.717) is 17.8 Å². The maximum atomic E-state index is 13.0. The van der Waals surface area contributed by atoms with Gasteiger partial charge >= 0.3 is 5.97 Å². The number of allylic oxidation sites excluding steroid dienone is 6. The van der Waals surface area contributed by atoms with Crippen molar-refractivity contribution in [3.8, 4) is 0 Å². The van der Waals surface area contributed by atoms with Crippen molar-refractivity contribution in [1.82, 2.24) is 0 Å². The first-order chi connectivity index (χ1) is 13.2. The Morgan fingerprint density at radius 2 is 2.04 bits per heavy atom. The summed E-state index contributed by atoms with van der Waals surface area (Å²) in [5.41, 5.74) is 2.44. The van der Waals surface area contributed by atoms with Crippen LogP contribution in [0.1, 0.15) is 53.4 Å². The molecule has 150 valence electrons. The molecule has 0 aromatic carbocycles. The first-order valence-corrected chi connectivity index (χ1v) is 10.5. The van der Waals surface area contributed by atoms with Crippen molar-refractivity contribution in [3.63, 3.8) is 0 Å². The summed E-state index contributed by atoms with van der Waals surface area (Å²) in [5.74, 6) is 0.894. The Labute approximate surface area is 167 Å². The highest BCUT2D eigenvalue weighted by molar-refractivity contribution is 6.01. The number of hydrogen-bond donors (Lipinski definition) is 0. The van der Waals surface area contributed by atoms with Crippen LogP contribution < -0.4 is 0 Å². The van der Waals surface area contributed by atoms with Gasteiger partial charge in [-0.25, -0.2) is 0 Å². The SMILES string of the molecule is CC(=O)OCC(=O)[C@H]1[C@H](C)C[C@@H]2[C@@H]3CCC4=CC(=O)C=C[C@@]4(C)C3=CC[C@]21C. The molecule has 0 bridgehead atoms. The van der Waals surface area contributed by atoms with Crippen molar-refractivity contribution >= 4 is 17.5 Å². The van der Waals surface area contributed by atoms with Crippen molar-refractivity contribution in [3.05, 3.63) is 35.5 Å². The van der Waals surface area contributed by atoms with Crippen molar-refractivity contribution < 1.29 is 19.1 Å². The van der Waals surface area contributed by atoms with Crippen LogP contribution >= 0.6 is 0 Å². The fourth-order valence-corrected chi connectivity index (χ4v) is 6.84. The molecule has 2 fully saturated rings. The molecule has 0 spiro atoms. The van der Waals surface area contributed by atoms with Gasteiger partial charge in [0.25, 0.3) is 0 Å². The number of esters is 1. The van der Waals surface area contributed by atoms with E-state index in [1.807, 2.05) is 6.08 Å². The zero-order chi connectivity index (χ0) is 20.3. The molecule has 0 aromatic rings. The second-order valence-electron chi connectivity index (χ2n) is 9.67. The number of carbonyl (C=O) groups excluding carboxylic acids is 3. The third-order valence-corrected chi connectivity index (χ3v) is 8.05. The molecule has 28 heavy (non-hydrogen) atoms. The monoisotopic (exact) mass is 382 g/mol. The minimum absolute atomic E-state index is 0.0651. The predicted octanol–water partition coefficient (Wildman–Crippen LogP) is 4.21. The lowest BCUT2D eigenvalue weighted by molar-refractivity contribution is -0.148. The summed E-state index contributed by atoms with van der Waals surface area (Å²) in [6, 6.07) is 0. The summed E-state index contributed by atoms with van der Waals surface area (Å²) in [7, 11) is 0. The number of ketones is 2. The van der Waals surface area contributed by atoms with Crippen LogP contribution in [0.3, 0.4) is 0 Å². The van der Waals surface area contributed by atoms with Gasteiger partial charge in [-0.2, -0.15) is 0 Å². The van der Waals surface area contributed by atoms with Crippen molar-refractivity contribution in [2.45, 2.75) is 53.4 Å². The van der Waals surface area contributed by atoms with Crippen LogP contribution in [0.5, 0.6) is 0 Å². The average molecular weight is 383 g/mol. The Bertz CT molecular complexity index is 832. The summed E-state index contributed by atoms with van der Waals surface area (Å²) < 4.78 is 5.04. The van der Waals surface area contributed by atoms with Gasteiger partial charge in [0.2, 0.25) is 0 Å². The Morgan fingerprint density at radius 1 is 1.29 bits per heavy atom. The topological polar surface area (TPSA) is 60.4 Å². The van der Waals surface area contributed by atoms with E-state index in [0.717, 1.165) is 25.7 Å². The Balaban J connectivity index is 1.66. The van der Waals surface area contributed by atoms with Crippen LogP contribution in [0, 0.1) is 34.5 Å². The normalized spacial score (nSPS) is 41.4. The van der Waals surface area contributed by atoms with Crippen LogP contribution in [0.4, 0.5) is 0 Å². The van der Waals surface area contributed by atoms with Crippen LogP contribution in [-0.2, 0) is 19.1 Å². The molecule has 0 heterocycles. The molecule has 0 amide bonds. The molecular weight excluding hydrogens is 352 g/mol. The molecule has 4 rings (SSSR count). The smallest absolute Gasteiger partial charge is 0.303 e. The maximum Gasteiger partial charge on any atom is 0.303 e. The highest BCUT2D eigenvalue weighted by Gasteiger charge is 2.59. The molecular formula is C24H30O4. The molecule has 4 heteroatoms. The van der Waals surface area contributed by atoms with Crippen molar-refractivity contribution in [1.29, 1.82) is 0 Å². The zero-order valence-electron chi connectivity index (χ0n) is 17.3. The fraction of sp³-hybridized carbons (Fsp3) is 0.625. The molecule has 0 aliphatic heterocycles. The quantitative estimate of drug-likeness (QED) is 0.542. The van der Waals surface area contributed by atoms with E-state index >= 15 is 0 Å². The first-order valence-electron chi connectivity index (χ1n) is 10.5. The maximum absolute atomic E-state index is 13.0. The lowest BCUT2D eigenvalue weighted by atomic mass is 9.52. The Kier molecular flexibility index (Phi) is 4.52. The van der Waals surface area contributed by atoms with Crippen LogP contribution in [-0.4, -0.2) is 24.1 Å². The van der Waals surface area contributed by atoms with Gasteiger partial charge in [-0.05, 0) is 67.9 Å². The minimum Gasteiger partial charge on any atom is -0.458 e. The van der Waals surface area contributed by atoms with Gasteiger partial charge in [0, 0.05) is 18.3 Å². The van der Waals surface area contributed by atoms with E-state index in [-0.39, 0.29) is 34.9 Å². The predicted molar refractivity (Wildman–Crippen MR) is 106 cm³/mol. The van der Waals surface area contributed by atoms with E-state index < -0.39 is 5.97 Å². The summed E-state index contributed by atoms with van der Waals surface area (Å²) in [5, 5.41) is 0. The van der Waals surface area contributed by atoms with Gasteiger partial charge in [0.1, 0.15) is 6.61 Å². The molecule has 2 saturated carbocycles. The van der Waals surface area contributed by atoms with E-state index in [9.17, 15) is 14.4 Å². The number of carbonyl (C=O) groups is 3. The summed E-state index contributed by atoms with van der Waals surface area (Å²) in [6.07, 6.45) is 11.9. The number of Topliss-reactive ketones (excluding diaryl/α,β-unsaturated/α-hetero) is 1. The van der Waals surface area contributed by atoms with Gasteiger partial charge in [-0.1, -0.05) is 37.1 Å². The molecule has 6 atom stereocenters. The zero-order valence-corrected chi connectivity index (χ0v) is 17.3. The average Bonchev–Trinajstić information content (AvgIpc) is 2.90. The minimum atomic E-state index is -0.398. The summed E-state index contributed by atoms with van der Waals surface area (Å²) >= 11 is 0. The van der Waals surface area contributed by atoms with E-state index in [2.05, 4.69) is 32.9 Å². The number of fused-ring (bicyclic) bond motifs is 5. The molecule has 4 aliphatic carbocycles. The van der Waals surface area contributed by atoms with Crippen molar-refractivity contribution in [2.24, 2.45) is 34.5 Å². The second-order valence-corrected chi connectivity index (χ2v) is 9.67. The number of rotatable bonds is 3. The third kappa shape index (κ3) is 2.75. The van der Waals surface area contributed by atoms with Gasteiger partial charge in [-0.3, -0.25) is 14.4 Å². The highest BCUT2D eigenvalue weighted by atomic mass is 16.5. The van der Waals surface area contributed by atoms with Gasteiger partial charge in [0.15, 0.2) is 11.6 Å². The molecule has 0 unspecified atom stereocenters. The van der Waals surface area contributed by atoms with E-state index in [1.54, 1.807) is 6.08 Å². The van der Waals surface area contributed by atoms with E-state index in [1.165, 1.54) is 18.1 Å². The summed E-state index contributed by atoms with van der Waals surface area (Å²) in [6.45, 7) is 7.92. The molecule has 0 N–H and O–H groups in total. The van der Waals surface area contributed by atoms with Gasteiger partial charge < -0.3 is 4.74 Å². The molecule has 4 nitrogen and oxygen atoms in total. The van der Waals surface area contributed by atoms with Gasteiger partial charge in [0.05, 0.1) is 0 Å². The fourth-order valence-electron chi connectivity index (χ4n) is 6.84. The Morgan fingerprint density at radius 3 is 2.75 bits per heavy atom. The van der Waals surface area contributed by atoms with Crippen molar-refractivity contribution in [2.75, 3.05) is 6.61 Å². The number of ether oxygens (including phenoxy) is 1. The summed E-state index contributed by atoms with van der Waals surface area (Å²) in [4.78, 5) is 36.0. The highest BCUT2D eigenvalue weighted by Crippen LogP contribution is 2.65. The largest absolute Gasteiger partial charge is 0.458 e. The Hall–Kier alpha value is -1.97. The molecule has 4 aliphatic rings. The molecule has 0 aromatic heterocycles. The second kappa shape index (κ2) is 6.53. The van der Waals surface area contributed by atoms with Crippen LogP contribution in [0.2, 0.25) is 0 Å². The van der Waals surface area contributed by atoms with Crippen LogP contribution in [0.15, 0.2) is 35.5 Å². The standard InChI is InChI=1S/C24H30O4/c1-14-11-20-18-6-5-16-12-17(26)7-9-23(16,3)19(18)8-10-24(20,4)22(14)21(27)13-28-15(2)25/h7-9,12,14,18,20,22H,5-6,10-11,13H2,1-4H3/t14-,18-,20-,22-,23-,24-/m1/s1.